The number of carbonyl (C=O) groups excluding carboxylic acids is 1. The summed E-state index contributed by atoms with van der Waals surface area (Å²) in [4.78, 5) is 10.3. The Kier molecular flexibility index (Phi) is 7.08. The molecular weight excluding hydrogens is 253 g/mol. The molecular formula is C10H13Cl2NO3. The number of carbonyl (C=O) groups is 1. The van der Waals surface area contributed by atoms with E-state index in [1.807, 2.05) is 0 Å². The largest absolute Gasteiger partial charge is 0.506 e. The molecule has 0 bridgehead atoms. The highest BCUT2D eigenvalue weighted by atomic mass is 35.5. The first-order valence-corrected chi connectivity index (χ1v) is 5.19. The van der Waals surface area contributed by atoms with Crippen molar-refractivity contribution in [3.05, 3.63) is 27.7 Å². The maximum Gasteiger partial charge on any atom is 0.153 e. The summed E-state index contributed by atoms with van der Waals surface area (Å²) in [6.45, 7) is 2.01. The predicted molar refractivity (Wildman–Crippen MR) is 64.2 cm³/mol. The minimum Gasteiger partial charge on any atom is -0.506 e. The molecule has 4 nitrogen and oxygen atoms in total. The number of hydrogen-bond donors (Lipinski definition) is 3. The van der Waals surface area contributed by atoms with E-state index < -0.39 is 0 Å². The molecule has 6 heteroatoms. The van der Waals surface area contributed by atoms with E-state index in [0.717, 1.165) is 0 Å². The minimum atomic E-state index is -0.338. The minimum absolute atomic E-state index is 0.0830. The van der Waals surface area contributed by atoms with Crippen LogP contribution in [-0.2, 0) is 0 Å². The van der Waals surface area contributed by atoms with Crippen molar-refractivity contribution in [1.82, 2.24) is 0 Å². The van der Waals surface area contributed by atoms with Crippen LogP contribution in [0.4, 0.5) is 0 Å². The second-order valence-corrected chi connectivity index (χ2v) is 3.87. The fourth-order valence-electron chi connectivity index (χ4n) is 0.676. The molecule has 0 aliphatic heterocycles. The van der Waals surface area contributed by atoms with E-state index in [2.05, 4.69) is 0 Å². The van der Waals surface area contributed by atoms with Crippen molar-refractivity contribution in [3.8, 4) is 5.75 Å². The molecule has 0 radical (unpaired) electrons. The second kappa shape index (κ2) is 7.46. The van der Waals surface area contributed by atoms with Crippen LogP contribution in [0, 0.1) is 0 Å². The third-order valence-electron chi connectivity index (χ3n) is 1.53. The standard InChI is InChI=1S/C7H4Cl2O2.C3H9NO/c8-5-1-4(3-10)7(11)6(9)2-5;1-3(5)2-4/h1-3,11H;3,5H,2,4H2,1H3. The molecule has 1 atom stereocenters. The van der Waals surface area contributed by atoms with E-state index >= 15 is 0 Å². The van der Waals surface area contributed by atoms with E-state index in [1.165, 1.54) is 12.1 Å². The lowest BCUT2D eigenvalue weighted by Crippen LogP contribution is -2.14. The average molecular weight is 266 g/mol. The van der Waals surface area contributed by atoms with E-state index in [0.29, 0.717) is 17.9 Å². The Hall–Kier alpha value is -0.810. The highest BCUT2D eigenvalue weighted by Gasteiger charge is 2.05. The molecule has 0 saturated carbocycles. The zero-order valence-electron chi connectivity index (χ0n) is 8.65. The van der Waals surface area contributed by atoms with Crippen molar-refractivity contribution >= 4 is 29.5 Å². The molecule has 1 aromatic carbocycles. The lowest BCUT2D eigenvalue weighted by Gasteiger charge is -1.99. The van der Waals surface area contributed by atoms with Crippen molar-refractivity contribution in [2.24, 2.45) is 5.73 Å². The van der Waals surface area contributed by atoms with Gasteiger partial charge in [0.2, 0.25) is 0 Å². The Bertz CT molecular complexity index is 356. The number of phenolic OH excluding ortho intramolecular Hbond substituents is 1. The van der Waals surface area contributed by atoms with Crippen LogP contribution < -0.4 is 5.73 Å². The summed E-state index contributed by atoms with van der Waals surface area (Å²) in [5.74, 6) is -0.230. The monoisotopic (exact) mass is 265 g/mol. The average Bonchev–Trinajstić information content (AvgIpc) is 2.24. The Morgan fingerprint density at radius 1 is 1.50 bits per heavy atom. The molecule has 0 saturated heterocycles. The number of hydrogen-bond acceptors (Lipinski definition) is 4. The first-order valence-electron chi connectivity index (χ1n) is 4.43. The third kappa shape index (κ3) is 5.32. The zero-order chi connectivity index (χ0) is 12.7. The highest BCUT2D eigenvalue weighted by molar-refractivity contribution is 6.36. The molecule has 0 aliphatic carbocycles. The summed E-state index contributed by atoms with van der Waals surface area (Å²) in [5, 5.41) is 17.7. The van der Waals surface area contributed by atoms with Crippen LogP contribution in [0.1, 0.15) is 17.3 Å². The van der Waals surface area contributed by atoms with Gasteiger partial charge < -0.3 is 15.9 Å². The number of nitrogens with two attached hydrogens (primary N) is 1. The van der Waals surface area contributed by atoms with Gasteiger partial charge in [0.25, 0.3) is 0 Å². The number of rotatable bonds is 2. The predicted octanol–water partition coefficient (Wildman–Crippen LogP) is 1.84. The molecule has 0 spiro atoms. The number of aldehydes is 1. The molecule has 16 heavy (non-hydrogen) atoms. The zero-order valence-corrected chi connectivity index (χ0v) is 10.2. The van der Waals surface area contributed by atoms with Gasteiger partial charge in [-0.1, -0.05) is 23.2 Å². The van der Waals surface area contributed by atoms with Gasteiger partial charge >= 0.3 is 0 Å². The van der Waals surface area contributed by atoms with Crippen LogP contribution in [0.5, 0.6) is 5.75 Å². The molecule has 1 aromatic rings. The summed E-state index contributed by atoms with van der Waals surface area (Å²) in [6.07, 6.45) is 0.155. The number of benzene rings is 1. The SMILES string of the molecule is CC(O)CN.O=Cc1cc(Cl)cc(Cl)c1O. The van der Waals surface area contributed by atoms with Gasteiger partial charge in [0, 0.05) is 11.6 Å². The first-order chi connectivity index (χ1) is 7.42. The number of aliphatic hydroxyl groups excluding tert-OH is 1. The molecule has 0 amide bonds. The number of aromatic hydroxyl groups is 1. The normalized spacial score (nSPS) is 11.3. The maximum atomic E-state index is 10.3. The van der Waals surface area contributed by atoms with E-state index in [4.69, 9.17) is 39.1 Å². The summed E-state index contributed by atoms with van der Waals surface area (Å²) in [6, 6.07) is 2.71. The van der Waals surface area contributed by atoms with Crippen LogP contribution in [0.25, 0.3) is 0 Å². The molecule has 4 N–H and O–H groups in total. The van der Waals surface area contributed by atoms with Gasteiger partial charge in [-0.15, -0.1) is 0 Å². The molecule has 90 valence electrons. The van der Waals surface area contributed by atoms with Crippen molar-refractivity contribution in [3.63, 3.8) is 0 Å². The van der Waals surface area contributed by atoms with Crippen molar-refractivity contribution < 1.29 is 15.0 Å². The van der Waals surface area contributed by atoms with E-state index in [1.54, 1.807) is 6.92 Å². The van der Waals surface area contributed by atoms with Gasteiger partial charge in [-0.3, -0.25) is 4.79 Å². The Morgan fingerprint density at radius 2 is 2.00 bits per heavy atom. The summed E-state index contributed by atoms with van der Waals surface area (Å²) >= 11 is 11.1. The third-order valence-corrected chi connectivity index (χ3v) is 2.03. The Balaban J connectivity index is 0.000000385. The Labute approximate surface area is 104 Å². The van der Waals surface area contributed by atoms with Gasteiger partial charge in [-0.05, 0) is 19.1 Å². The first kappa shape index (κ1) is 15.2. The van der Waals surface area contributed by atoms with Gasteiger partial charge in [0.1, 0.15) is 5.75 Å². The molecule has 0 aromatic heterocycles. The van der Waals surface area contributed by atoms with Crippen molar-refractivity contribution in [2.45, 2.75) is 13.0 Å². The van der Waals surface area contributed by atoms with Gasteiger partial charge in [0.05, 0.1) is 16.7 Å². The molecule has 1 unspecified atom stereocenters. The Morgan fingerprint density at radius 3 is 2.38 bits per heavy atom. The molecule has 0 fully saturated rings. The van der Waals surface area contributed by atoms with Gasteiger partial charge in [-0.25, -0.2) is 0 Å². The van der Waals surface area contributed by atoms with Crippen LogP contribution in [0.2, 0.25) is 10.0 Å². The topological polar surface area (TPSA) is 83.5 Å². The van der Waals surface area contributed by atoms with Crippen LogP contribution in [-0.4, -0.2) is 29.1 Å². The maximum absolute atomic E-state index is 10.3. The number of aliphatic hydroxyl groups is 1. The summed E-state index contributed by atoms with van der Waals surface area (Å²) in [7, 11) is 0. The molecule has 0 aliphatic rings. The van der Waals surface area contributed by atoms with Gasteiger partial charge in [-0.2, -0.15) is 0 Å². The summed E-state index contributed by atoms with van der Waals surface area (Å²) in [5.41, 5.74) is 5.02. The smallest absolute Gasteiger partial charge is 0.153 e. The van der Waals surface area contributed by atoms with Crippen LogP contribution in [0.15, 0.2) is 12.1 Å². The molecule has 1 rings (SSSR count). The lowest BCUT2D eigenvalue weighted by molar-refractivity contribution is 0.112. The quantitative estimate of drug-likeness (QED) is 0.713. The highest BCUT2D eigenvalue weighted by Crippen LogP contribution is 2.29. The van der Waals surface area contributed by atoms with Crippen LogP contribution in [0.3, 0.4) is 0 Å². The second-order valence-electron chi connectivity index (χ2n) is 3.03. The molecule has 0 heterocycles. The number of phenols is 1. The fourth-order valence-corrected chi connectivity index (χ4v) is 1.18. The van der Waals surface area contributed by atoms with Crippen LogP contribution >= 0.6 is 23.2 Å². The van der Waals surface area contributed by atoms with E-state index in [9.17, 15) is 4.79 Å². The summed E-state index contributed by atoms with van der Waals surface area (Å²) < 4.78 is 0. The van der Waals surface area contributed by atoms with Crippen molar-refractivity contribution in [1.29, 1.82) is 0 Å². The van der Waals surface area contributed by atoms with Gasteiger partial charge in [0.15, 0.2) is 6.29 Å². The number of halogens is 2. The van der Waals surface area contributed by atoms with E-state index in [-0.39, 0.29) is 22.4 Å². The lowest BCUT2D eigenvalue weighted by atomic mass is 10.2. The van der Waals surface area contributed by atoms with Crippen molar-refractivity contribution in [2.75, 3.05) is 6.54 Å². The fraction of sp³-hybridized carbons (Fsp3) is 0.300.